The maximum atomic E-state index is 4.41. The number of halogens is 2. The van der Waals surface area contributed by atoms with Gasteiger partial charge in [-0.3, -0.25) is 4.68 Å². The third-order valence-corrected chi connectivity index (χ3v) is 5.31. The number of aryl methyl sites for hydroxylation is 2. The predicted octanol–water partition coefficient (Wildman–Crippen LogP) is 3.89. The van der Waals surface area contributed by atoms with Crippen molar-refractivity contribution in [2.45, 2.75) is 26.4 Å². The smallest absolute Gasteiger partial charge is 0.0767 e. The lowest BCUT2D eigenvalue weighted by atomic mass is 10.0. The number of nitrogens with zero attached hydrogens (tertiary/aromatic N) is 2. The second kappa shape index (κ2) is 6.37. The fraction of sp³-hybridized carbons (Fsp3) is 0.357. The van der Waals surface area contributed by atoms with Gasteiger partial charge >= 0.3 is 0 Å². The Hall–Kier alpha value is -0.400. The van der Waals surface area contributed by atoms with Gasteiger partial charge in [0.2, 0.25) is 0 Å². The standard InChI is InChI=1S/C14H17BrIN3/c1-4-19-14(11(15)8-18-19)13(17-3)10-7-5-6-9(2)12(10)16/h5-8,13,17H,4H2,1-3H3. The Morgan fingerprint density at radius 2 is 2.21 bits per heavy atom. The molecule has 1 aromatic carbocycles. The Bertz CT molecular complexity index is 580. The van der Waals surface area contributed by atoms with Crippen LogP contribution in [0.2, 0.25) is 0 Å². The Balaban J connectivity index is 2.56. The highest BCUT2D eigenvalue weighted by molar-refractivity contribution is 14.1. The van der Waals surface area contributed by atoms with Crippen molar-refractivity contribution in [3.63, 3.8) is 0 Å². The molecule has 0 bridgehead atoms. The highest BCUT2D eigenvalue weighted by Gasteiger charge is 2.22. The Morgan fingerprint density at radius 1 is 1.47 bits per heavy atom. The number of hydrogen-bond acceptors (Lipinski definition) is 2. The molecule has 3 nitrogen and oxygen atoms in total. The quantitative estimate of drug-likeness (QED) is 0.741. The van der Waals surface area contributed by atoms with Crippen LogP contribution in [-0.2, 0) is 6.54 Å². The van der Waals surface area contributed by atoms with Crippen LogP contribution in [0.3, 0.4) is 0 Å². The molecule has 0 spiro atoms. The summed E-state index contributed by atoms with van der Waals surface area (Å²) < 4.78 is 4.38. The lowest BCUT2D eigenvalue weighted by molar-refractivity contribution is 0.560. The minimum absolute atomic E-state index is 0.142. The van der Waals surface area contributed by atoms with Gasteiger partial charge in [-0.15, -0.1) is 0 Å². The molecule has 0 aliphatic rings. The van der Waals surface area contributed by atoms with Gasteiger partial charge in [0.25, 0.3) is 0 Å². The van der Waals surface area contributed by atoms with Crippen molar-refractivity contribution in [2.24, 2.45) is 0 Å². The van der Waals surface area contributed by atoms with Crippen molar-refractivity contribution in [1.82, 2.24) is 15.1 Å². The number of benzene rings is 1. The van der Waals surface area contributed by atoms with Gasteiger partial charge in [0.05, 0.1) is 22.4 Å². The normalized spacial score (nSPS) is 12.7. The van der Waals surface area contributed by atoms with Crippen LogP contribution in [0, 0.1) is 10.5 Å². The molecule has 0 amide bonds. The van der Waals surface area contributed by atoms with E-state index in [0.29, 0.717) is 0 Å². The van der Waals surface area contributed by atoms with E-state index in [9.17, 15) is 0 Å². The number of rotatable bonds is 4. The molecule has 2 aromatic rings. The number of nitrogens with one attached hydrogen (secondary N) is 1. The fourth-order valence-electron chi connectivity index (χ4n) is 2.24. The van der Waals surface area contributed by atoms with Gasteiger partial charge in [-0.1, -0.05) is 18.2 Å². The van der Waals surface area contributed by atoms with Crippen LogP contribution < -0.4 is 5.32 Å². The highest BCUT2D eigenvalue weighted by atomic mass is 127. The molecule has 1 unspecified atom stereocenters. The second-order valence-electron chi connectivity index (χ2n) is 4.39. The van der Waals surface area contributed by atoms with E-state index in [2.05, 4.69) is 81.0 Å². The summed E-state index contributed by atoms with van der Waals surface area (Å²) in [5, 5.41) is 7.82. The largest absolute Gasteiger partial charge is 0.308 e. The lowest BCUT2D eigenvalue weighted by Gasteiger charge is -2.21. The maximum Gasteiger partial charge on any atom is 0.0767 e. The van der Waals surface area contributed by atoms with Crippen molar-refractivity contribution in [2.75, 3.05) is 7.05 Å². The molecule has 0 saturated carbocycles. The van der Waals surface area contributed by atoms with Crippen molar-refractivity contribution in [3.05, 3.63) is 49.3 Å². The summed E-state index contributed by atoms with van der Waals surface area (Å²) in [5.74, 6) is 0. The van der Waals surface area contributed by atoms with E-state index < -0.39 is 0 Å². The molecule has 19 heavy (non-hydrogen) atoms. The summed E-state index contributed by atoms with van der Waals surface area (Å²) >= 11 is 6.03. The molecule has 1 aromatic heterocycles. The first-order valence-electron chi connectivity index (χ1n) is 6.23. The molecular weight excluding hydrogens is 417 g/mol. The molecule has 5 heteroatoms. The zero-order valence-corrected chi connectivity index (χ0v) is 15.0. The highest BCUT2D eigenvalue weighted by Crippen LogP contribution is 2.31. The van der Waals surface area contributed by atoms with Crippen LogP contribution in [0.1, 0.15) is 29.8 Å². The summed E-state index contributed by atoms with van der Waals surface area (Å²) in [6, 6.07) is 6.57. The zero-order valence-electron chi connectivity index (χ0n) is 11.2. The average molecular weight is 434 g/mol. The molecule has 0 saturated heterocycles. The average Bonchev–Trinajstić information content (AvgIpc) is 2.77. The van der Waals surface area contributed by atoms with Crippen LogP contribution in [-0.4, -0.2) is 16.8 Å². The number of aromatic nitrogens is 2. The van der Waals surface area contributed by atoms with Gasteiger partial charge in [0.1, 0.15) is 0 Å². The molecule has 1 heterocycles. The lowest BCUT2D eigenvalue weighted by Crippen LogP contribution is -2.23. The zero-order chi connectivity index (χ0) is 14.0. The first-order chi connectivity index (χ1) is 9.10. The van der Waals surface area contributed by atoms with Crippen LogP contribution in [0.15, 0.2) is 28.9 Å². The summed E-state index contributed by atoms with van der Waals surface area (Å²) in [4.78, 5) is 0. The van der Waals surface area contributed by atoms with E-state index in [0.717, 1.165) is 11.0 Å². The fourth-order valence-corrected chi connectivity index (χ4v) is 3.44. The molecule has 0 aliphatic carbocycles. The second-order valence-corrected chi connectivity index (χ2v) is 6.33. The van der Waals surface area contributed by atoms with E-state index >= 15 is 0 Å². The SMILES string of the molecule is CCn1ncc(Br)c1C(NC)c1cccc(C)c1I. The molecule has 1 atom stereocenters. The van der Waals surface area contributed by atoms with Crippen LogP contribution in [0.4, 0.5) is 0 Å². The molecular formula is C14H17BrIN3. The molecule has 102 valence electrons. The van der Waals surface area contributed by atoms with Crippen molar-refractivity contribution in [1.29, 1.82) is 0 Å². The van der Waals surface area contributed by atoms with Gasteiger partial charge in [-0.2, -0.15) is 5.10 Å². The Labute approximate surface area is 136 Å². The molecule has 0 fully saturated rings. The summed E-state index contributed by atoms with van der Waals surface area (Å²) in [7, 11) is 1.99. The van der Waals surface area contributed by atoms with Gasteiger partial charge in [0.15, 0.2) is 0 Å². The Kier molecular flexibility index (Phi) is 5.03. The topological polar surface area (TPSA) is 29.9 Å². The molecule has 2 rings (SSSR count). The van der Waals surface area contributed by atoms with Crippen molar-refractivity contribution in [3.8, 4) is 0 Å². The number of hydrogen-bond donors (Lipinski definition) is 1. The maximum absolute atomic E-state index is 4.41. The monoisotopic (exact) mass is 433 g/mol. The molecule has 0 radical (unpaired) electrons. The first-order valence-corrected chi connectivity index (χ1v) is 8.10. The first kappa shape index (κ1) is 15.0. The summed E-state index contributed by atoms with van der Waals surface area (Å²) in [5.41, 5.74) is 3.77. The summed E-state index contributed by atoms with van der Waals surface area (Å²) in [6.45, 7) is 5.11. The van der Waals surface area contributed by atoms with Gasteiger partial charge in [-0.05, 0) is 70.5 Å². The summed E-state index contributed by atoms with van der Waals surface area (Å²) in [6.07, 6.45) is 1.87. The minimum atomic E-state index is 0.142. The Morgan fingerprint density at radius 3 is 2.84 bits per heavy atom. The van der Waals surface area contributed by atoms with Gasteiger partial charge in [0, 0.05) is 10.1 Å². The van der Waals surface area contributed by atoms with Crippen molar-refractivity contribution < 1.29 is 0 Å². The van der Waals surface area contributed by atoms with Gasteiger partial charge < -0.3 is 5.32 Å². The van der Waals surface area contributed by atoms with E-state index in [1.54, 1.807) is 0 Å². The molecule has 0 aliphatic heterocycles. The third kappa shape index (κ3) is 2.87. The minimum Gasteiger partial charge on any atom is -0.308 e. The predicted molar refractivity (Wildman–Crippen MR) is 90.4 cm³/mol. The van der Waals surface area contributed by atoms with Gasteiger partial charge in [-0.25, -0.2) is 0 Å². The van der Waals surface area contributed by atoms with Crippen molar-refractivity contribution >= 4 is 38.5 Å². The van der Waals surface area contributed by atoms with E-state index in [1.165, 1.54) is 20.4 Å². The van der Waals surface area contributed by atoms with E-state index in [4.69, 9.17) is 0 Å². The van der Waals surface area contributed by atoms with Crippen LogP contribution >= 0.6 is 38.5 Å². The third-order valence-electron chi connectivity index (χ3n) is 3.23. The van der Waals surface area contributed by atoms with E-state index in [-0.39, 0.29) is 6.04 Å². The van der Waals surface area contributed by atoms with Crippen LogP contribution in [0.5, 0.6) is 0 Å². The molecule has 1 N–H and O–H groups in total. The van der Waals surface area contributed by atoms with E-state index in [1.807, 2.05) is 17.9 Å². The van der Waals surface area contributed by atoms with Crippen LogP contribution in [0.25, 0.3) is 0 Å².